The number of ketones is 1. The van der Waals surface area contributed by atoms with Crippen LogP contribution in [0, 0.1) is 0 Å². The van der Waals surface area contributed by atoms with Gasteiger partial charge in [-0.3, -0.25) is 19.0 Å². The standard InChI is InChI=1S/C13H13N5O6/c14-10-6-7(20)4(11(15)23)1-18(12(6)17-3-16-10)13-9(22)8(21)5(2-19)24-13/h1,3,5,8,13,19,21H,2H2,(H2,15,23)(H2,14,16,17). The number of anilines is 1. The van der Waals surface area contributed by atoms with Gasteiger partial charge in [0, 0.05) is 6.20 Å². The van der Waals surface area contributed by atoms with Gasteiger partial charge in [0.2, 0.25) is 11.2 Å². The third kappa shape index (κ3) is 2.22. The highest BCUT2D eigenvalue weighted by Gasteiger charge is 2.43. The zero-order valence-electron chi connectivity index (χ0n) is 12.1. The maximum Gasteiger partial charge on any atom is 0.254 e. The van der Waals surface area contributed by atoms with Crippen molar-refractivity contribution in [2.24, 2.45) is 5.73 Å². The van der Waals surface area contributed by atoms with Gasteiger partial charge in [-0.1, -0.05) is 0 Å². The SMILES string of the molecule is NC(=O)c1cn(C2OC(CO)C(O)C2=O)c2ncnc(N)c2c1=O. The molecule has 3 heterocycles. The van der Waals surface area contributed by atoms with Crippen LogP contribution in [0.5, 0.6) is 0 Å². The molecule has 1 amide bonds. The van der Waals surface area contributed by atoms with Gasteiger partial charge in [-0.05, 0) is 0 Å². The molecule has 6 N–H and O–H groups in total. The molecule has 3 unspecified atom stereocenters. The third-order valence-corrected chi connectivity index (χ3v) is 3.73. The molecule has 126 valence electrons. The molecule has 0 spiro atoms. The molecule has 11 nitrogen and oxygen atoms in total. The minimum atomic E-state index is -1.56. The second-order valence-corrected chi connectivity index (χ2v) is 5.16. The van der Waals surface area contributed by atoms with Crippen LogP contribution in [0.1, 0.15) is 16.6 Å². The number of nitrogens with two attached hydrogens (primary N) is 2. The van der Waals surface area contributed by atoms with E-state index in [1.165, 1.54) is 0 Å². The summed E-state index contributed by atoms with van der Waals surface area (Å²) >= 11 is 0. The molecule has 3 atom stereocenters. The van der Waals surface area contributed by atoms with E-state index in [2.05, 4.69) is 9.97 Å². The number of carbonyl (C=O) groups excluding carboxylic acids is 2. The molecule has 1 fully saturated rings. The summed E-state index contributed by atoms with van der Waals surface area (Å²) in [5.74, 6) is -2.01. The fraction of sp³-hybridized carbons (Fsp3) is 0.308. The minimum Gasteiger partial charge on any atom is -0.394 e. The van der Waals surface area contributed by atoms with Gasteiger partial charge in [-0.15, -0.1) is 0 Å². The molecular formula is C13H13N5O6. The van der Waals surface area contributed by atoms with E-state index in [9.17, 15) is 19.5 Å². The zero-order valence-corrected chi connectivity index (χ0v) is 12.1. The molecule has 1 aliphatic heterocycles. The number of aliphatic hydroxyl groups is 2. The quantitative estimate of drug-likeness (QED) is 0.463. The molecule has 0 radical (unpaired) electrons. The number of aliphatic hydroxyl groups excluding tert-OH is 2. The number of nitrogen functional groups attached to an aromatic ring is 1. The predicted molar refractivity (Wildman–Crippen MR) is 78.7 cm³/mol. The summed E-state index contributed by atoms with van der Waals surface area (Å²) in [6.07, 6.45) is -2.04. The lowest BCUT2D eigenvalue weighted by Gasteiger charge is -2.17. The number of rotatable bonds is 3. The number of hydrogen-bond donors (Lipinski definition) is 4. The van der Waals surface area contributed by atoms with E-state index in [1.807, 2.05) is 0 Å². The van der Waals surface area contributed by atoms with E-state index in [1.54, 1.807) is 0 Å². The highest BCUT2D eigenvalue weighted by molar-refractivity contribution is 5.98. The minimum absolute atomic E-state index is 0.0679. The normalized spacial score (nSPS) is 23.8. The topological polar surface area (TPSA) is 184 Å². The first-order valence-electron chi connectivity index (χ1n) is 6.80. The van der Waals surface area contributed by atoms with Crippen LogP contribution in [-0.2, 0) is 9.53 Å². The van der Waals surface area contributed by atoms with Crippen LogP contribution >= 0.6 is 0 Å². The Morgan fingerprint density at radius 3 is 2.67 bits per heavy atom. The van der Waals surface area contributed by atoms with E-state index in [0.717, 1.165) is 17.1 Å². The van der Waals surface area contributed by atoms with Crippen molar-refractivity contribution in [3.05, 3.63) is 28.3 Å². The Hall–Kier alpha value is -2.89. The van der Waals surface area contributed by atoms with Crippen LogP contribution < -0.4 is 16.9 Å². The van der Waals surface area contributed by atoms with Gasteiger partial charge in [0.25, 0.3) is 5.91 Å². The van der Waals surface area contributed by atoms with Gasteiger partial charge < -0.3 is 26.4 Å². The van der Waals surface area contributed by atoms with Gasteiger partial charge in [0.15, 0.2) is 11.9 Å². The van der Waals surface area contributed by atoms with Crippen LogP contribution in [0.15, 0.2) is 17.3 Å². The lowest BCUT2D eigenvalue weighted by atomic mass is 10.1. The maximum atomic E-state index is 12.3. The number of primary amides is 1. The number of fused-ring (bicyclic) bond motifs is 1. The Labute approximate surface area is 133 Å². The van der Waals surface area contributed by atoms with Crippen molar-refractivity contribution in [1.82, 2.24) is 14.5 Å². The molecule has 2 aromatic heterocycles. The number of ether oxygens (including phenoxy) is 1. The molecule has 1 saturated heterocycles. The van der Waals surface area contributed by atoms with E-state index < -0.39 is 47.7 Å². The zero-order chi connectivity index (χ0) is 17.6. The molecule has 3 rings (SSSR count). The fourth-order valence-electron chi connectivity index (χ4n) is 2.53. The highest BCUT2D eigenvalue weighted by Crippen LogP contribution is 2.28. The summed E-state index contributed by atoms with van der Waals surface area (Å²) in [7, 11) is 0. The number of amides is 1. The number of carbonyl (C=O) groups is 2. The van der Waals surface area contributed by atoms with Crippen LogP contribution in [0.2, 0.25) is 0 Å². The number of Topliss-reactive ketones (excluding diaryl/α,β-unsaturated/α-hetero) is 1. The van der Waals surface area contributed by atoms with Crippen molar-refractivity contribution >= 4 is 28.5 Å². The summed E-state index contributed by atoms with van der Waals surface area (Å²) in [4.78, 5) is 43.6. The Kier molecular flexibility index (Phi) is 3.75. The lowest BCUT2D eigenvalue weighted by Crippen LogP contribution is -2.30. The van der Waals surface area contributed by atoms with Crippen molar-refractivity contribution in [2.45, 2.75) is 18.4 Å². The monoisotopic (exact) mass is 335 g/mol. The van der Waals surface area contributed by atoms with Crippen molar-refractivity contribution in [1.29, 1.82) is 0 Å². The van der Waals surface area contributed by atoms with E-state index in [4.69, 9.17) is 21.3 Å². The van der Waals surface area contributed by atoms with Crippen LogP contribution in [0.3, 0.4) is 0 Å². The summed E-state index contributed by atoms with van der Waals surface area (Å²) in [6.45, 7) is -0.596. The third-order valence-electron chi connectivity index (χ3n) is 3.73. The summed E-state index contributed by atoms with van der Waals surface area (Å²) in [5, 5.41) is 18.7. The molecule has 2 aromatic rings. The van der Waals surface area contributed by atoms with Crippen LogP contribution in [0.25, 0.3) is 11.0 Å². The molecule has 0 aliphatic carbocycles. The van der Waals surface area contributed by atoms with Crippen LogP contribution in [-0.4, -0.2) is 55.3 Å². The molecule has 0 saturated carbocycles. The predicted octanol–water partition coefficient (Wildman–Crippen LogP) is -2.71. The van der Waals surface area contributed by atoms with Gasteiger partial charge in [0.1, 0.15) is 35.3 Å². The van der Waals surface area contributed by atoms with Gasteiger partial charge >= 0.3 is 0 Å². The van der Waals surface area contributed by atoms with Gasteiger partial charge in [-0.25, -0.2) is 9.97 Å². The van der Waals surface area contributed by atoms with Crippen molar-refractivity contribution in [3.8, 4) is 0 Å². The molecule has 24 heavy (non-hydrogen) atoms. The first-order chi connectivity index (χ1) is 11.4. The van der Waals surface area contributed by atoms with Gasteiger partial charge in [-0.2, -0.15) is 0 Å². The smallest absolute Gasteiger partial charge is 0.254 e. The largest absolute Gasteiger partial charge is 0.394 e. The maximum absolute atomic E-state index is 12.3. The molecular weight excluding hydrogens is 322 g/mol. The molecule has 0 aromatic carbocycles. The first kappa shape index (κ1) is 16.0. The fourth-order valence-corrected chi connectivity index (χ4v) is 2.53. The molecule has 11 heteroatoms. The number of hydrogen-bond acceptors (Lipinski definition) is 9. The molecule has 1 aliphatic rings. The Balaban J connectivity index is 2.31. The number of aromatic nitrogens is 3. The second kappa shape index (κ2) is 5.63. The van der Waals surface area contributed by atoms with Crippen molar-refractivity contribution in [2.75, 3.05) is 12.3 Å². The van der Waals surface area contributed by atoms with Gasteiger partial charge in [0.05, 0.1) is 6.61 Å². The Bertz CT molecular complexity index is 910. The highest BCUT2D eigenvalue weighted by atomic mass is 16.5. The number of nitrogens with zero attached hydrogens (tertiary/aromatic N) is 3. The lowest BCUT2D eigenvalue weighted by molar-refractivity contribution is -0.130. The van der Waals surface area contributed by atoms with Crippen molar-refractivity contribution < 1.29 is 24.5 Å². The average molecular weight is 335 g/mol. The Morgan fingerprint density at radius 1 is 1.38 bits per heavy atom. The molecule has 0 bridgehead atoms. The van der Waals surface area contributed by atoms with Crippen LogP contribution in [0.4, 0.5) is 5.82 Å². The summed E-state index contributed by atoms with van der Waals surface area (Å²) < 4.78 is 6.37. The summed E-state index contributed by atoms with van der Waals surface area (Å²) in [5.41, 5.74) is 9.58. The van der Waals surface area contributed by atoms with E-state index >= 15 is 0 Å². The Morgan fingerprint density at radius 2 is 2.08 bits per heavy atom. The first-order valence-corrected chi connectivity index (χ1v) is 6.80. The van der Waals surface area contributed by atoms with Crippen molar-refractivity contribution in [3.63, 3.8) is 0 Å². The van der Waals surface area contributed by atoms with E-state index in [-0.39, 0.29) is 16.9 Å². The van der Waals surface area contributed by atoms with E-state index in [0.29, 0.717) is 0 Å². The summed E-state index contributed by atoms with van der Waals surface area (Å²) in [6, 6.07) is 0. The average Bonchev–Trinajstić information content (AvgIpc) is 2.83. The second-order valence-electron chi connectivity index (χ2n) is 5.16. The number of pyridine rings is 1.